The molecule has 0 atom stereocenters. The Bertz CT molecular complexity index is 245. The maximum Gasteiger partial charge on any atom is 0.130 e. The molecule has 0 amide bonds. The molecule has 1 aromatic rings. The fraction of sp³-hybridized carbons (Fsp3) is 0.400. The Hall–Kier alpha value is -1.41. The van der Waals surface area contributed by atoms with E-state index in [9.17, 15) is 0 Å². The highest BCUT2D eigenvalue weighted by Gasteiger charge is 1.98. The Morgan fingerprint density at radius 2 is 2.60 bits per heavy atom. The summed E-state index contributed by atoms with van der Waals surface area (Å²) in [5.41, 5.74) is 6.09. The molecule has 0 aliphatic rings. The van der Waals surface area contributed by atoms with E-state index in [1.54, 1.807) is 6.20 Å². The molecule has 2 N–H and O–H groups in total. The number of nitriles is 1. The molecule has 0 saturated carbocycles. The third-order valence-electron chi connectivity index (χ3n) is 1.13. The number of aromatic nitrogens is 3. The zero-order chi connectivity index (χ0) is 7.40. The molecule has 1 rings (SSSR count). The SMILES string of the molecule is N#CCn1nncc1CN. The van der Waals surface area contributed by atoms with E-state index in [1.807, 2.05) is 6.07 Å². The molecular formula is C5H7N5. The predicted molar refractivity (Wildman–Crippen MR) is 33.5 cm³/mol. The fourth-order valence-corrected chi connectivity index (χ4v) is 0.637. The van der Waals surface area contributed by atoms with Gasteiger partial charge in [0.15, 0.2) is 0 Å². The van der Waals surface area contributed by atoms with Gasteiger partial charge >= 0.3 is 0 Å². The first-order valence-electron chi connectivity index (χ1n) is 2.83. The molecular weight excluding hydrogens is 130 g/mol. The lowest BCUT2D eigenvalue weighted by Crippen LogP contribution is -2.07. The summed E-state index contributed by atoms with van der Waals surface area (Å²) in [6.45, 7) is 0.585. The van der Waals surface area contributed by atoms with Crippen LogP contribution in [0.4, 0.5) is 0 Å². The van der Waals surface area contributed by atoms with Crippen LogP contribution in [0.15, 0.2) is 6.20 Å². The van der Waals surface area contributed by atoms with Crippen LogP contribution in [0.25, 0.3) is 0 Å². The number of hydrogen-bond acceptors (Lipinski definition) is 4. The summed E-state index contributed by atoms with van der Waals surface area (Å²) in [6.07, 6.45) is 1.55. The first-order valence-corrected chi connectivity index (χ1v) is 2.83. The standard InChI is InChI=1S/C5H7N5/c6-1-2-10-5(3-7)4-8-9-10/h4H,2-3,7H2. The van der Waals surface area contributed by atoms with Crippen molar-refractivity contribution >= 4 is 0 Å². The third-order valence-corrected chi connectivity index (χ3v) is 1.13. The van der Waals surface area contributed by atoms with Crippen LogP contribution >= 0.6 is 0 Å². The number of nitrogens with two attached hydrogens (primary N) is 1. The molecule has 0 aliphatic carbocycles. The topological polar surface area (TPSA) is 80.5 Å². The Kier molecular flexibility index (Phi) is 1.97. The van der Waals surface area contributed by atoms with E-state index < -0.39 is 0 Å². The molecule has 0 unspecified atom stereocenters. The van der Waals surface area contributed by atoms with Crippen molar-refractivity contribution in [2.45, 2.75) is 13.1 Å². The average molecular weight is 137 g/mol. The van der Waals surface area contributed by atoms with E-state index in [0.29, 0.717) is 6.54 Å². The second kappa shape index (κ2) is 2.94. The molecule has 0 bridgehead atoms. The Labute approximate surface area is 58.1 Å². The van der Waals surface area contributed by atoms with Gasteiger partial charge in [0, 0.05) is 6.54 Å². The lowest BCUT2D eigenvalue weighted by atomic mass is 10.5. The molecule has 0 aliphatic heterocycles. The highest BCUT2D eigenvalue weighted by atomic mass is 15.4. The van der Waals surface area contributed by atoms with Gasteiger partial charge in [0.05, 0.1) is 18.0 Å². The van der Waals surface area contributed by atoms with Crippen LogP contribution in [0.3, 0.4) is 0 Å². The largest absolute Gasteiger partial charge is 0.325 e. The van der Waals surface area contributed by atoms with Crippen molar-refractivity contribution in [1.29, 1.82) is 5.26 Å². The molecule has 1 aromatic heterocycles. The molecule has 0 fully saturated rings. The zero-order valence-corrected chi connectivity index (χ0v) is 5.36. The maximum atomic E-state index is 8.28. The van der Waals surface area contributed by atoms with Crippen LogP contribution in [0.1, 0.15) is 5.69 Å². The van der Waals surface area contributed by atoms with Gasteiger partial charge in [0.1, 0.15) is 6.54 Å². The van der Waals surface area contributed by atoms with Crippen molar-refractivity contribution in [3.8, 4) is 6.07 Å². The van der Waals surface area contributed by atoms with Crippen molar-refractivity contribution in [2.24, 2.45) is 5.73 Å². The van der Waals surface area contributed by atoms with Gasteiger partial charge in [-0.3, -0.25) is 0 Å². The summed E-state index contributed by atoms with van der Waals surface area (Å²) < 4.78 is 1.47. The van der Waals surface area contributed by atoms with E-state index >= 15 is 0 Å². The fourth-order valence-electron chi connectivity index (χ4n) is 0.637. The van der Waals surface area contributed by atoms with Gasteiger partial charge in [0.25, 0.3) is 0 Å². The van der Waals surface area contributed by atoms with Gasteiger partial charge in [0.2, 0.25) is 0 Å². The summed E-state index contributed by atoms with van der Waals surface area (Å²) in [5, 5.41) is 15.5. The molecule has 1 heterocycles. The van der Waals surface area contributed by atoms with Crippen LogP contribution in [0.5, 0.6) is 0 Å². The van der Waals surface area contributed by atoms with Crippen molar-refractivity contribution in [3.05, 3.63) is 11.9 Å². The summed E-state index contributed by atoms with van der Waals surface area (Å²) in [5.74, 6) is 0. The van der Waals surface area contributed by atoms with E-state index in [4.69, 9.17) is 11.0 Å². The first-order chi connectivity index (χ1) is 4.88. The van der Waals surface area contributed by atoms with Crippen molar-refractivity contribution < 1.29 is 0 Å². The van der Waals surface area contributed by atoms with Gasteiger partial charge in [-0.1, -0.05) is 5.21 Å². The average Bonchev–Trinajstić information content (AvgIpc) is 2.36. The molecule has 5 nitrogen and oxygen atoms in total. The van der Waals surface area contributed by atoms with Gasteiger partial charge in [-0.05, 0) is 0 Å². The third kappa shape index (κ3) is 1.11. The second-order valence-corrected chi connectivity index (χ2v) is 1.75. The van der Waals surface area contributed by atoms with E-state index in [0.717, 1.165) is 5.69 Å². The highest BCUT2D eigenvalue weighted by molar-refractivity contribution is 4.94. The normalized spacial score (nSPS) is 9.20. The van der Waals surface area contributed by atoms with E-state index in [1.165, 1.54) is 4.68 Å². The minimum absolute atomic E-state index is 0.215. The highest BCUT2D eigenvalue weighted by Crippen LogP contribution is 1.92. The Balaban J connectivity index is 2.82. The smallest absolute Gasteiger partial charge is 0.130 e. The quantitative estimate of drug-likeness (QED) is 0.582. The molecule has 0 spiro atoms. The minimum atomic E-state index is 0.215. The van der Waals surface area contributed by atoms with Crippen LogP contribution < -0.4 is 5.73 Å². The number of hydrogen-bond donors (Lipinski definition) is 1. The van der Waals surface area contributed by atoms with E-state index in [-0.39, 0.29) is 6.54 Å². The first kappa shape index (κ1) is 6.71. The van der Waals surface area contributed by atoms with Gasteiger partial charge in [-0.15, -0.1) is 5.10 Å². The monoisotopic (exact) mass is 137 g/mol. The van der Waals surface area contributed by atoms with Crippen LogP contribution in [-0.2, 0) is 13.1 Å². The van der Waals surface area contributed by atoms with Gasteiger partial charge < -0.3 is 5.73 Å². The van der Waals surface area contributed by atoms with Crippen LogP contribution in [-0.4, -0.2) is 15.0 Å². The summed E-state index contributed by atoms with van der Waals surface area (Å²) >= 11 is 0. The molecule has 0 saturated heterocycles. The Morgan fingerprint density at radius 1 is 1.80 bits per heavy atom. The second-order valence-electron chi connectivity index (χ2n) is 1.75. The summed E-state index contributed by atoms with van der Waals surface area (Å²) in [4.78, 5) is 0. The minimum Gasteiger partial charge on any atom is -0.325 e. The van der Waals surface area contributed by atoms with Gasteiger partial charge in [-0.2, -0.15) is 5.26 Å². The van der Waals surface area contributed by atoms with Crippen molar-refractivity contribution in [1.82, 2.24) is 15.0 Å². The van der Waals surface area contributed by atoms with E-state index in [2.05, 4.69) is 10.3 Å². The molecule has 5 heteroatoms. The lowest BCUT2D eigenvalue weighted by Gasteiger charge is -1.94. The van der Waals surface area contributed by atoms with Gasteiger partial charge in [-0.25, -0.2) is 4.68 Å². The Morgan fingerprint density at radius 3 is 3.20 bits per heavy atom. The predicted octanol–water partition coefficient (Wildman–Crippen LogP) is -0.740. The maximum absolute atomic E-state index is 8.28. The van der Waals surface area contributed by atoms with Crippen molar-refractivity contribution in [2.75, 3.05) is 0 Å². The molecule has 10 heavy (non-hydrogen) atoms. The number of rotatable bonds is 2. The lowest BCUT2D eigenvalue weighted by molar-refractivity contribution is 0.636. The van der Waals surface area contributed by atoms with Crippen LogP contribution in [0, 0.1) is 11.3 Å². The molecule has 0 radical (unpaired) electrons. The zero-order valence-electron chi connectivity index (χ0n) is 5.36. The van der Waals surface area contributed by atoms with Crippen LogP contribution in [0.2, 0.25) is 0 Å². The summed E-state index contributed by atoms with van der Waals surface area (Å²) in [6, 6.07) is 1.95. The van der Waals surface area contributed by atoms with Crippen molar-refractivity contribution in [3.63, 3.8) is 0 Å². The number of nitrogens with zero attached hydrogens (tertiary/aromatic N) is 4. The summed E-state index contributed by atoms with van der Waals surface area (Å²) in [7, 11) is 0. The molecule has 52 valence electrons. The molecule has 0 aromatic carbocycles.